The summed E-state index contributed by atoms with van der Waals surface area (Å²) in [5, 5.41) is 0. The van der Waals surface area contributed by atoms with E-state index in [0.29, 0.717) is 17.1 Å². The molecule has 0 N–H and O–H groups in total. The van der Waals surface area contributed by atoms with Crippen LogP contribution in [0.2, 0.25) is 0 Å². The van der Waals surface area contributed by atoms with E-state index in [1.54, 1.807) is 31.4 Å². The lowest BCUT2D eigenvalue weighted by molar-refractivity contribution is 0.102. The highest BCUT2D eigenvalue weighted by Gasteiger charge is 2.10. The van der Waals surface area contributed by atoms with Gasteiger partial charge in [0.15, 0.2) is 5.78 Å². The maximum atomic E-state index is 11.8. The van der Waals surface area contributed by atoms with Crippen LogP contribution in [0, 0.1) is 0 Å². The fraction of sp³-hybridized carbons (Fsp3) is 0.462. The number of Topliss-reactive ketones (excluding diaryl/α,β-unsaturated/α-hetero) is 1. The molecule has 4 heteroatoms. The van der Waals surface area contributed by atoms with Gasteiger partial charge in [0, 0.05) is 22.1 Å². The number of methoxy groups -OCH3 is 1. The Bertz CT molecular complexity index is 384. The predicted octanol–water partition coefficient (Wildman–Crippen LogP) is 2.43. The number of hydrogen-bond acceptors (Lipinski definition) is 3. The molecule has 0 aliphatic rings. The smallest absolute Gasteiger partial charge is 0.175 e. The zero-order valence-corrected chi connectivity index (χ0v) is 11.1. The van der Waals surface area contributed by atoms with E-state index in [-0.39, 0.29) is 11.5 Å². The third-order valence-corrected chi connectivity index (χ3v) is 3.76. The minimum absolute atomic E-state index is 0.0675. The van der Waals surface area contributed by atoms with E-state index in [1.807, 2.05) is 6.92 Å². The van der Waals surface area contributed by atoms with E-state index >= 15 is 0 Å². The average Bonchev–Trinajstić information content (AvgIpc) is 2.36. The van der Waals surface area contributed by atoms with E-state index in [9.17, 15) is 9.00 Å². The fourth-order valence-corrected chi connectivity index (χ4v) is 2.60. The van der Waals surface area contributed by atoms with Crippen molar-refractivity contribution in [2.24, 2.45) is 0 Å². The second-order valence-electron chi connectivity index (χ2n) is 3.79. The van der Waals surface area contributed by atoms with Gasteiger partial charge in [-0.05, 0) is 30.7 Å². The molecule has 0 aromatic heterocycles. The Morgan fingerprint density at radius 3 is 2.47 bits per heavy atom. The summed E-state index contributed by atoms with van der Waals surface area (Å²) in [4.78, 5) is 11.8. The molecule has 94 valence electrons. The molecule has 1 unspecified atom stereocenters. The van der Waals surface area contributed by atoms with Gasteiger partial charge in [-0.15, -0.1) is 0 Å². The molecule has 1 atom stereocenters. The first-order valence-corrected chi connectivity index (χ1v) is 7.18. The molecular weight excluding hydrogens is 236 g/mol. The summed E-state index contributed by atoms with van der Waals surface area (Å²) in [7, 11) is 0.542. The second kappa shape index (κ2) is 7.22. The van der Waals surface area contributed by atoms with Crippen LogP contribution >= 0.6 is 0 Å². The first kappa shape index (κ1) is 13.9. The van der Waals surface area contributed by atoms with E-state index in [1.165, 1.54) is 0 Å². The number of carbonyl (C=O) groups is 1. The van der Waals surface area contributed by atoms with Crippen LogP contribution in [0.5, 0.6) is 5.75 Å². The van der Waals surface area contributed by atoms with Gasteiger partial charge in [0.05, 0.1) is 12.9 Å². The summed E-state index contributed by atoms with van der Waals surface area (Å²) in [5.41, 5.74) is 0.593. The van der Waals surface area contributed by atoms with Crippen molar-refractivity contribution in [3.8, 4) is 5.75 Å². The van der Waals surface area contributed by atoms with E-state index in [0.717, 1.165) is 12.8 Å². The molecule has 0 saturated heterocycles. The molecule has 1 rings (SSSR count). The Hall–Kier alpha value is -1.16. The number of rotatable bonds is 7. The van der Waals surface area contributed by atoms with Gasteiger partial charge in [-0.2, -0.15) is 0 Å². The van der Waals surface area contributed by atoms with Crippen LogP contribution in [0.25, 0.3) is 0 Å². The second-order valence-corrected chi connectivity index (χ2v) is 5.37. The van der Waals surface area contributed by atoms with Gasteiger partial charge < -0.3 is 4.74 Å². The summed E-state index contributed by atoms with van der Waals surface area (Å²) < 4.78 is 16.6. The van der Waals surface area contributed by atoms with Crippen LogP contribution in [-0.2, 0) is 10.8 Å². The third-order valence-electron chi connectivity index (χ3n) is 2.43. The number of ketones is 1. The Kier molecular flexibility index (Phi) is 5.91. The Balaban J connectivity index is 2.54. The molecule has 0 bridgehead atoms. The quantitative estimate of drug-likeness (QED) is 0.702. The van der Waals surface area contributed by atoms with E-state index in [4.69, 9.17) is 4.74 Å². The monoisotopic (exact) mass is 254 g/mol. The molecule has 0 aliphatic heterocycles. The number of benzene rings is 1. The van der Waals surface area contributed by atoms with Crippen LogP contribution in [-0.4, -0.2) is 28.6 Å². The molecule has 0 radical (unpaired) electrons. The van der Waals surface area contributed by atoms with Crippen molar-refractivity contribution in [3.05, 3.63) is 29.8 Å². The molecule has 1 aromatic rings. The van der Waals surface area contributed by atoms with Crippen LogP contribution in [0.15, 0.2) is 24.3 Å². The molecule has 0 heterocycles. The van der Waals surface area contributed by atoms with Gasteiger partial charge in [0.1, 0.15) is 5.75 Å². The largest absolute Gasteiger partial charge is 0.497 e. The predicted molar refractivity (Wildman–Crippen MR) is 70.1 cm³/mol. The third kappa shape index (κ3) is 4.69. The highest BCUT2D eigenvalue weighted by molar-refractivity contribution is 7.85. The standard InChI is InChI=1S/C13H18O3S/c1-3-4-9-17(15)10-13(14)11-5-7-12(16-2)8-6-11/h5-8H,3-4,9-10H2,1-2H3. The summed E-state index contributed by atoms with van der Waals surface area (Å²) in [6.45, 7) is 2.04. The lowest BCUT2D eigenvalue weighted by atomic mass is 10.1. The first-order chi connectivity index (χ1) is 8.17. The van der Waals surface area contributed by atoms with Crippen molar-refractivity contribution in [2.75, 3.05) is 18.6 Å². The number of unbranched alkanes of at least 4 members (excludes halogenated alkanes) is 1. The van der Waals surface area contributed by atoms with Crippen molar-refractivity contribution < 1.29 is 13.7 Å². The molecule has 0 spiro atoms. The van der Waals surface area contributed by atoms with Crippen molar-refractivity contribution in [3.63, 3.8) is 0 Å². The number of carbonyl (C=O) groups excluding carboxylic acids is 1. The SMILES string of the molecule is CCCCS(=O)CC(=O)c1ccc(OC)cc1. The van der Waals surface area contributed by atoms with Gasteiger partial charge in [0.2, 0.25) is 0 Å². The maximum absolute atomic E-state index is 11.8. The molecule has 3 nitrogen and oxygen atoms in total. The molecular formula is C13H18O3S. The Labute approximate surface area is 105 Å². The van der Waals surface area contributed by atoms with Crippen LogP contribution < -0.4 is 4.74 Å². The molecule has 0 amide bonds. The van der Waals surface area contributed by atoms with Crippen molar-refractivity contribution in [1.82, 2.24) is 0 Å². The van der Waals surface area contributed by atoms with Gasteiger partial charge in [-0.3, -0.25) is 9.00 Å². The normalized spacial score (nSPS) is 12.1. The molecule has 0 saturated carbocycles. The van der Waals surface area contributed by atoms with Crippen molar-refractivity contribution in [2.45, 2.75) is 19.8 Å². The summed E-state index contributed by atoms with van der Waals surface area (Å²) in [6, 6.07) is 6.89. The van der Waals surface area contributed by atoms with E-state index in [2.05, 4.69) is 0 Å². The lowest BCUT2D eigenvalue weighted by Gasteiger charge is -2.03. The first-order valence-electron chi connectivity index (χ1n) is 5.69. The van der Waals surface area contributed by atoms with Gasteiger partial charge >= 0.3 is 0 Å². The number of ether oxygens (including phenoxy) is 1. The minimum Gasteiger partial charge on any atom is -0.497 e. The van der Waals surface area contributed by atoms with Crippen molar-refractivity contribution in [1.29, 1.82) is 0 Å². The topological polar surface area (TPSA) is 43.4 Å². The zero-order chi connectivity index (χ0) is 12.7. The summed E-state index contributed by atoms with van der Waals surface area (Å²) in [6.07, 6.45) is 1.91. The minimum atomic E-state index is -1.04. The molecule has 1 aromatic carbocycles. The summed E-state index contributed by atoms with van der Waals surface area (Å²) >= 11 is 0. The highest BCUT2D eigenvalue weighted by Crippen LogP contribution is 2.12. The van der Waals surface area contributed by atoms with Gasteiger partial charge in [-0.25, -0.2) is 0 Å². The van der Waals surface area contributed by atoms with E-state index < -0.39 is 10.8 Å². The fourth-order valence-electron chi connectivity index (χ4n) is 1.38. The summed E-state index contributed by atoms with van der Waals surface area (Å²) in [5.74, 6) is 1.38. The average molecular weight is 254 g/mol. The van der Waals surface area contributed by atoms with Crippen LogP contribution in [0.1, 0.15) is 30.1 Å². The van der Waals surface area contributed by atoms with Gasteiger partial charge in [-0.1, -0.05) is 13.3 Å². The molecule has 0 aliphatic carbocycles. The highest BCUT2D eigenvalue weighted by atomic mass is 32.2. The lowest BCUT2D eigenvalue weighted by Crippen LogP contribution is -2.13. The van der Waals surface area contributed by atoms with Gasteiger partial charge in [0.25, 0.3) is 0 Å². The maximum Gasteiger partial charge on any atom is 0.175 e. The van der Waals surface area contributed by atoms with Crippen molar-refractivity contribution >= 4 is 16.6 Å². The number of hydrogen-bond donors (Lipinski definition) is 0. The molecule has 17 heavy (non-hydrogen) atoms. The zero-order valence-electron chi connectivity index (χ0n) is 10.3. The molecule has 0 fully saturated rings. The van der Waals surface area contributed by atoms with Crippen LogP contribution in [0.3, 0.4) is 0 Å². The van der Waals surface area contributed by atoms with Crippen LogP contribution in [0.4, 0.5) is 0 Å². The Morgan fingerprint density at radius 2 is 1.94 bits per heavy atom. The Morgan fingerprint density at radius 1 is 1.29 bits per heavy atom.